The number of hydrogen-bond acceptors (Lipinski definition) is 16. The number of ketones is 1. The van der Waals surface area contributed by atoms with E-state index < -0.39 is 0 Å². The zero-order valence-corrected chi connectivity index (χ0v) is 40.8. The van der Waals surface area contributed by atoms with Crippen LogP contribution in [0.4, 0.5) is 15.9 Å². The Bertz CT molecular complexity index is 2590. The van der Waals surface area contributed by atoms with Crippen LogP contribution in [-0.4, -0.2) is 114 Å². The number of carbonyl (C=O) groups is 2. The van der Waals surface area contributed by atoms with Crippen LogP contribution in [0.5, 0.6) is 23.0 Å². The number of aryl methyl sites for hydroxylation is 1. The van der Waals surface area contributed by atoms with Gasteiger partial charge in [-0.15, -0.1) is 0 Å². The first kappa shape index (κ1) is 51.3. The van der Waals surface area contributed by atoms with Gasteiger partial charge < -0.3 is 48.5 Å². The van der Waals surface area contributed by atoms with Gasteiger partial charge in [0.15, 0.2) is 11.5 Å². The molecular weight excluding hydrogens is 912 g/mol. The Morgan fingerprint density at radius 3 is 2.32 bits per heavy atom. The van der Waals surface area contributed by atoms with Gasteiger partial charge in [0.1, 0.15) is 54.5 Å². The zero-order chi connectivity index (χ0) is 49.6. The summed E-state index contributed by atoms with van der Waals surface area (Å²) in [4.78, 5) is 33.7. The third-order valence-electron chi connectivity index (χ3n) is 14.0. The molecule has 5 aromatic rings. The molecule has 1 heterocycles. The molecule has 8 rings (SSSR count). The van der Waals surface area contributed by atoms with Gasteiger partial charge in [-0.3, -0.25) is 9.59 Å². The molecule has 16 nitrogen and oxygen atoms in total. The Morgan fingerprint density at radius 1 is 0.845 bits per heavy atom. The lowest BCUT2D eigenvalue weighted by Crippen LogP contribution is -2.46. The van der Waals surface area contributed by atoms with Crippen LogP contribution in [0.2, 0.25) is 0 Å². The van der Waals surface area contributed by atoms with Gasteiger partial charge in [-0.1, -0.05) is 31.2 Å². The van der Waals surface area contributed by atoms with Crippen LogP contribution in [0, 0.1) is 28.6 Å². The zero-order valence-electron chi connectivity index (χ0n) is 40.8. The first-order valence-corrected chi connectivity index (χ1v) is 24.6. The Hall–Kier alpha value is -6.11. The van der Waals surface area contributed by atoms with E-state index in [1.165, 1.54) is 42.1 Å². The molecule has 4 aromatic carbocycles. The number of esters is 1. The molecule has 2 fully saturated rings. The van der Waals surface area contributed by atoms with Gasteiger partial charge in [0.25, 0.3) is 0 Å². The summed E-state index contributed by atoms with van der Waals surface area (Å²) in [6.45, 7) is 8.43. The molecule has 0 saturated heterocycles. The second-order valence-corrected chi connectivity index (χ2v) is 18.5. The first-order valence-electron chi connectivity index (χ1n) is 24.6. The maximum atomic E-state index is 13.7. The van der Waals surface area contributed by atoms with Gasteiger partial charge >= 0.3 is 5.97 Å². The van der Waals surface area contributed by atoms with Gasteiger partial charge in [-0.05, 0) is 115 Å². The highest BCUT2D eigenvalue weighted by atomic mass is 19.1. The smallest absolute Gasteiger partial charge is 0.308 e. The van der Waals surface area contributed by atoms with Gasteiger partial charge in [-0.2, -0.15) is 5.11 Å². The van der Waals surface area contributed by atoms with Crippen molar-refractivity contribution in [2.45, 2.75) is 63.8 Å². The number of halogens is 1. The number of benzene rings is 4. The van der Waals surface area contributed by atoms with Crippen molar-refractivity contribution in [1.29, 1.82) is 5.53 Å². The van der Waals surface area contributed by atoms with Gasteiger partial charge in [0.05, 0.1) is 65.5 Å². The molecule has 3 aliphatic rings. The SMILES string of the molecule is COc1cc2c(Nc3cccc(F)c3)ncnc2cc1OCCOCCOCCOCCOCC(CNCCOc1ccc([C@H]2C[C@]3(C)C(=O)CCC3C3CCc4cc(OC(C)=O)ccc4C32)cc1)N=N. The number of nitrogens with one attached hydrogen (secondary N) is 3. The Morgan fingerprint density at radius 2 is 1.59 bits per heavy atom. The molecule has 0 aliphatic heterocycles. The van der Waals surface area contributed by atoms with E-state index in [2.05, 4.69) is 50.8 Å². The van der Waals surface area contributed by atoms with E-state index in [9.17, 15) is 14.0 Å². The van der Waals surface area contributed by atoms with E-state index in [1.54, 1.807) is 31.4 Å². The van der Waals surface area contributed by atoms with Crippen molar-refractivity contribution >= 4 is 34.2 Å². The topological polar surface area (TPSA) is 194 Å². The van der Waals surface area contributed by atoms with Crippen molar-refractivity contribution in [3.8, 4) is 23.0 Å². The number of carbonyl (C=O) groups excluding carboxylic acids is 2. The normalized spacial score (nSPS) is 20.6. The van der Waals surface area contributed by atoms with Crippen molar-refractivity contribution in [1.82, 2.24) is 15.3 Å². The van der Waals surface area contributed by atoms with Crippen LogP contribution in [0.1, 0.15) is 68.1 Å². The summed E-state index contributed by atoms with van der Waals surface area (Å²) >= 11 is 0. The first-order chi connectivity index (χ1) is 34.6. The molecule has 0 radical (unpaired) electrons. The van der Waals surface area contributed by atoms with E-state index >= 15 is 0 Å². The van der Waals surface area contributed by atoms with E-state index in [-0.39, 0.29) is 41.7 Å². The van der Waals surface area contributed by atoms with E-state index in [1.807, 2.05) is 24.3 Å². The summed E-state index contributed by atoms with van der Waals surface area (Å²) in [5.41, 5.74) is 12.3. The number of anilines is 2. The Kier molecular flexibility index (Phi) is 17.9. The average molecular weight is 977 g/mol. The highest BCUT2D eigenvalue weighted by Crippen LogP contribution is 2.64. The lowest BCUT2D eigenvalue weighted by Gasteiger charge is -2.52. The number of hydrogen-bond donors (Lipinski definition) is 3. The fraction of sp³-hybridized carbons (Fsp3) is 0.481. The lowest BCUT2D eigenvalue weighted by molar-refractivity contribution is -0.132. The molecule has 71 heavy (non-hydrogen) atoms. The van der Waals surface area contributed by atoms with Crippen molar-refractivity contribution in [3.63, 3.8) is 0 Å². The fourth-order valence-corrected chi connectivity index (χ4v) is 10.7. The van der Waals surface area contributed by atoms with E-state index in [4.69, 9.17) is 43.4 Å². The maximum absolute atomic E-state index is 13.7. The summed E-state index contributed by atoms with van der Waals surface area (Å²) in [6.07, 6.45) is 5.83. The predicted octanol–water partition coefficient (Wildman–Crippen LogP) is 8.78. The molecule has 3 N–H and O–H groups in total. The standard InChI is InChI=1S/C54H65FN6O10/c1-35(62)71-42-12-14-43-37(27-42)9-13-44-47-15-16-51(63)54(47,2)31-46(52(43)44)36-7-10-41(11-8-36)69-18-17-57-32-40(61-56)33-68-24-23-66-20-19-65-21-22-67-25-26-70-50-30-48-45(29-49(50)64-3)53(59-34-58-48)60-39-6-4-5-38(55)28-39/h4-8,10-12,14,27-30,34,40,44,46-47,52,56-57H,9,13,15-26,31-33H2,1-3H3,(H,58,59,60)/t40?,44?,46-,47?,52?,54+/m1/s1. The molecule has 2 saturated carbocycles. The van der Waals surface area contributed by atoms with Crippen LogP contribution in [0.3, 0.4) is 0 Å². The lowest BCUT2D eigenvalue weighted by atomic mass is 9.51. The number of rotatable bonds is 27. The summed E-state index contributed by atoms with van der Waals surface area (Å²) in [7, 11) is 1.55. The molecule has 4 unspecified atom stereocenters. The number of aromatic nitrogens is 2. The Labute approximate surface area is 414 Å². The summed E-state index contributed by atoms with van der Waals surface area (Å²) in [5.74, 6) is 3.90. The third-order valence-corrected chi connectivity index (χ3v) is 14.0. The van der Waals surface area contributed by atoms with Gasteiger partial charge in [0.2, 0.25) is 0 Å². The van der Waals surface area contributed by atoms with Gasteiger partial charge in [0, 0.05) is 49.0 Å². The highest BCUT2D eigenvalue weighted by molar-refractivity contribution is 5.93. The number of fused-ring (bicyclic) bond motifs is 6. The second kappa shape index (κ2) is 24.8. The molecule has 0 spiro atoms. The minimum Gasteiger partial charge on any atom is -0.493 e. The molecule has 17 heteroatoms. The number of ether oxygens (including phenoxy) is 8. The van der Waals surface area contributed by atoms with E-state index in [0.717, 1.165) is 31.4 Å². The second-order valence-electron chi connectivity index (χ2n) is 18.5. The van der Waals surface area contributed by atoms with Crippen molar-refractivity contribution in [2.75, 3.05) is 91.6 Å². The quantitative estimate of drug-likeness (QED) is 0.0196. The molecule has 1 aromatic heterocycles. The van der Waals surface area contributed by atoms with Crippen LogP contribution in [0.25, 0.3) is 10.9 Å². The molecule has 6 atom stereocenters. The van der Waals surface area contributed by atoms with Crippen molar-refractivity contribution in [3.05, 3.63) is 108 Å². The highest BCUT2D eigenvalue weighted by Gasteiger charge is 2.58. The van der Waals surface area contributed by atoms with Crippen LogP contribution >= 0.6 is 0 Å². The predicted molar refractivity (Wildman–Crippen MR) is 264 cm³/mol. The van der Waals surface area contributed by atoms with E-state index in [0.29, 0.717) is 136 Å². The number of nitrogens with zero attached hydrogens (tertiary/aromatic N) is 3. The molecule has 378 valence electrons. The molecule has 0 amide bonds. The molecule has 3 aliphatic carbocycles. The monoisotopic (exact) mass is 976 g/mol. The summed E-state index contributed by atoms with van der Waals surface area (Å²) in [6, 6.07) is 23.8. The fourth-order valence-electron chi connectivity index (χ4n) is 10.7. The van der Waals surface area contributed by atoms with Crippen molar-refractivity contribution in [2.24, 2.45) is 22.4 Å². The van der Waals surface area contributed by atoms with Crippen LogP contribution in [-0.2, 0) is 35.0 Å². The van der Waals surface area contributed by atoms with Gasteiger partial charge in [-0.25, -0.2) is 19.9 Å². The average Bonchev–Trinajstić information content (AvgIpc) is 3.67. The summed E-state index contributed by atoms with van der Waals surface area (Å²) < 4.78 is 59.3. The minimum absolute atomic E-state index is 0.186. The minimum atomic E-state index is -0.352. The molecular formula is C54H65FN6O10. The Balaban J connectivity index is 0.663. The van der Waals surface area contributed by atoms with Crippen LogP contribution < -0.4 is 29.6 Å². The summed E-state index contributed by atoms with van der Waals surface area (Å²) in [5, 5.41) is 10.9. The van der Waals surface area contributed by atoms with Crippen molar-refractivity contribution < 1.29 is 51.9 Å². The number of methoxy groups -OCH3 is 1. The maximum Gasteiger partial charge on any atom is 0.308 e. The van der Waals surface area contributed by atoms with Crippen LogP contribution in [0.15, 0.2) is 90.3 Å². The number of Topliss-reactive ketones (excluding diaryl/α,β-unsaturated/α-hetero) is 1. The molecule has 0 bridgehead atoms. The third kappa shape index (κ3) is 13.1. The largest absolute Gasteiger partial charge is 0.493 e.